The quantitative estimate of drug-likeness (QED) is 0.312. The zero-order valence-corrected chi connectivity index (χ0v) is 23.3. The molecular formula is C30H29ClN4O5. The molecule has 0 spiro atoms. The van der Waals surface area contributed by atoms with Gasteiger partial charge in [-0.2, -0.15) is 10.1 Å². The number of carbonyl (C=O) groups is 3. The molecule has 0 radical (unpaired) electrons. The first-order chi connectivity index (χ1) is 19.2. The third kappa shape index (κ3) is 5.57. The summed E-state index contributed by atoms with van der Waals surface area (Å²) < 4.78 is 11.1. The third-order valence-corrected chi connectivity index (χ3v) is 7.18. The smallest absolute Gasteiger partial charge is 0.338 e. The summed E-state index contributed by atoms with van der Waals surface area (Å²) in [7, 11) is 2.03. The summed E-state index contributed by atoms with van der Waals surface area (Å²) >= 11 is 6.41. The van der Waals surface area contributed by atoms with Gasteiger partial charge in [-0.1, -0.05) is 17.7 Å². The highest BCUT2D eigenvalue weighted by atomic mass is 35.5. The molecule has 5 rings (SSSR count). The van der Waals surface area contributed by atoms with Crippen LogP contribution in [0.3, 0.4) is 0 Å². The monoisotopic (exact) mass is 560 g/mol. The molecule has 0 unspecified atom stereocenters. The van der Waals surface area contributed by atoms with Crippen molar-refractivity contribution >= 4 is 46.9 Å². The van der Waals surface area contributed by atoms with Gasteiger partial charge in [0, 0.05) is 31.7 Å². The van der Waals surface area contributed by atoms with Crippen LogP contribution >= 0.6 is 11.6 Å². The number of hydrazone groups is 1. The predicted molar refractivity (Wildman–Crippen MR) is 154 cm³/mol. The summed E-state index contributed by atoms with van der Waals surface area (Å²) in [6.45, 7) is 6.64. The third-order valence-electron chi connectivity index (χ3n) is 6.85. The van der Waals surface area contributed by atoms with E-state index in [9.17, 15) is 14.4 Å². The van der Waals surface area contributed by atoms with Gasteiger partial charge in [0.05, 0.1) is 39.7 Å². The Morgan fingerprint density at radius 2 is 1.85 bits per heavy atom. The highest BCUT2D eigenvalue weighted by Gasteiger charge is 2.30. The van der Waals surface area contributed by atoms with Crippen molar-refractivity contribution < 1.29 is 23.5 Å². The summed E-state index contributed by atoms with van der Waals surface area (Å²) in [5.41, 5.74) is 2.79. The summed E-state index contributed by atoms with van der Waals surface area (Å²) in [6.07, 6.45) is 1.63. The van der Waals surface area contributed by atoms with Crippen LogP contribution in [-0.2, 0) is 9.53 Å². The van der Waals surface area contributed by atoms with E-state index < -0.39 is 5.97 Å². The molecule has 40 heavy (non-hydrogen) atoms. The Labute approximate surface area is 237 Å². The summed E-state index contributed by atoms with van der Waals surface area (Å²) in [4.78, 5) is 42.5. The van der Waals surface area contributed by atoms with Gasteiger partial charge in [-0.05, 0) is 75.5 Å². The van der Waals surface area contributed by atoms with Gasteiger partial charge < -0.3 is 19.0 Å². The second kappa shape index (κ2) is 11.5. The van der Waals surface area contributed by atoms with Crippen LogP contribution in [0.2, 0.25) is 5.02 Å². The van der Waals surface area contributed by atoms with Gasteiger partial charge in [0.2, 0.25) is 0 Å². The molecule has 3 heterocycles. The number of hydrogen-bond acceptors (Lipinski definition) is 7. The van der Waals surface area contributed by atoms with Crippen molar-refractivity contribution in [2.45, 2.75) is 13.8 Å². The lowest BCUT2D eigenvalue weighted by Crippen LogP contribution is -2.47. The molecule has 3 aromatic rings. The maximum Gasteiger partial charge on any atom is 0.338 e. The summed E-state index contributed by atoms with van der Waals surface area (Å²) in [5.74, 6) is 0.0745. The minimum atomic E-state index is -0.467. The predicted octanol–water partition coefficient (Wildman–Crippen LogP) is 4.97. The minimum Gasteiger partial charge on any atom is -0.462 e. The topological polar surface area (TPSA) is 95.7 Å². The Kier molecular flexibility index (Phi) is 7.86. The molecule has 2 amide bonds. The number of hydrogen-bond donors (Lipinski definition) is 0. The van der Waals surface area contributed by atoms with Crippen molar-refractivity contribution in [1.29, 1.82) is 0 Å². The van der Waals surface area contributed by atoms with Crippen LogP contribution in [0.25, 0.3) is 17.4 Å². The Balaban J connectivity index is 1.36. The highest BCUT2D eigenvalue weighted by Crippen LogP contribution is 2.30. The number of furan rings is 1. The van der Waals surface area contributed by atoms with Crippen LogP contribution in [0, 0.1) is 0 Å². The second-order valence-electron chi connectivity index (χ2n) is 9.62. The largest absolute Gasteiger partial charge is 0.462 e. The Bertz CT molecular complexity index is 1530. The standard InChI is InChI=1S/C30H29ClN4O5/c1-4-39-30(38)21-6-5-7-22(16-21)35-29(37)24(19(2)32-35)18-23-9-11-27(40-23)20-8-10-26(31)25(17-20)28(36)34-14-12-33(3)13-15-34/h5-11,16-18H,4,12-15H2,1-3H3/b24-18-. The van der Waals surface area contributed by atoms with Crippen LogP contribution in [-0.4, -0.2) is 73.1 Å². The molecule has 206 valence electrons. The summed E-state index contributed by atoms with van der Waals surface area (Å²) in [6, 6.07) is 15.3. The van der Waals surface area contributed by atoms with E-state index >= 15 is 0 Å². The first kappa shape index (κ1) is 27.4. The van der Waals surface area contributed by atoms with Gasteiger partial charge in [-0.25, -0.2) is 4.79 Å². The second-order valence-corrected chi connectivity index (χ2v) is 10.0. The minimum absolute atomic E-state index is 0.107. The summed E-state index contributed by atoms with van der Waals surface area (Å²) in [5, 5.41) is 6.04. The van der Waals surface area contributed by atoms with E-state index in [2.05, 4.69) is 10.0 Å². The van der Waals surface area contributed by atoms with Gasteiger partial charge >= 0.3 is 5.97 Å². The van der Waals surface area contributed by atoms with Gasteiger partial charge in [0.15, 0.2) is 0 Å². The average molecular weight is 561 g/mol. The number of esters is 1. The van der Waals surface area contributed by atoms with Gasteiger partial charge in [0.25, 0.3) is 11.8 Å². The fourth-order valence-corrected chi connectivity index (χ4v) is 4.79. The van der Waals surface area contributed by atoms with Gasteiger partial charge in [0.1, 0.15) is 11.5 Å². The number of nitrogens with zero attached hydrogens (tertiary/aromatic N) is 4. The molecule has 2 aliphatic heterocycles. The number of anilines is 1. The zero-order chi connectivity index (χ0) is 28.4. The number of benzene rings is 2. The lowest BCUT2D eigenvalue weighted by Gasteiger charge is -2.32. The van der Waals surface area contributed by atoms with Crippen molar-refractivity contribution in [3.63, 3.8) is 0 Å². The van der Waals surface area contributed by atoms with Crippen LogP contribution in [0.15, 0.2) is 69.7 Å². The molecule has 10 heteroatoms. The first-order valence-corrected chi connectivity index (χ1v) is 13.4. The molecule has 2 aromatic carbocycles. The molecule has 1 fully saturated rings. The van der Waals surface area contributed by atoms with E-state index in [1.807, 2.05) is 11.9 Å². The number of ether oxygens (including phenoxy) is 1. The van der Waals surface area contributed by atoms with E-state index in [0.717, 1.165) is 13.1 Å². The molecule has 0 bridgehead atoms. The van der Waals surface area contributed by atoms with Crippen molar-refractivity contribution in [2.24, 2.45) is 5.10 Å². The average Bonchev–Trinajstić information content (AvgIpc) is 3.54. The van der Waals surface area contributed by atoms with Crippen molar-refractivity contribution in [2.75, 3.05) is 44.8 Å². The molecular weight excluding hydrogens is 532 g/mol. The highest BCUT2D eigenvalue weighted by molar-refractivity contribution is 6.34. The number of piperazine rings is 1. The molecule has 1 aromatic heterocycles. The number of likely N-dealkylation sites (N-methyl/N-ethyl adjacent to an activating group) is 1. The molecule has 1 saturated heterocycles. The zero-order valence-electron chi connectivity index (χ0n) is 22.5. The first-order valence-electron chi connectivity index (χ1n) is 13.0. The van der Waals surface area contributed by atoms with Gasteiger partial charge in [-0.3, -0.25) is 9.59 Å². The van der Waals surface area contributed by atoms with Crippen molar-refractivity contribution in [3.8, 4) is 11.3 Å². The SMILES string of the molecule is CCOC(=O)c1cccc(N2N=C(C)/C(=C/c3ccc(-c4ccc(Cl)c(C(=O)N5CCN(C)CC5)c4)o3)C2=O)c1. The van der Waals surface area contributed by atoms with E-state index in [-0.39, 0.29) is 18.4 Å². The lowest BCUT2D eigenvalue weighted by atomic mass is 10.1. The fraction of sp³-hybridized carbons (Fsp3) is 0.267. The van der Waals surface area contributed by atoms with Crippen molar-refractivity contribution in [1.82, 2.24) is 9.80 Å². The van der Waals surface area contributed by atoms with Crippen LogP contribution in [0.4, 0.5) is 5.69 Å². The number of carbonyl (C=O) groups excluding carboxylic acids is 3. The van der Waals surface area contributed by atoms with E-state index in [1.165, 1.54) is 5.01 Å². The Morgan fingerprint density at radius 1 is 1.07 bits per heavy atom. The molecule has 2 aliphatic rings. The van der Waals surface area contributed by atoms with Crippen LogP contribution in [0.1, 0.15) is 40.3 Å². The van der Waals surface area contributed by atoms with Crippen LogP contribution < -0.4 is 5.01 Å². The van der Waals surface area contributed by atoms with E-state index in [1.54, 1.807) is 74.5 Å². The number of halogens is 1. The Hall–Kier alpha value is -4.21. The maximum absolute atomic E-state index is 13.3. The van der Waals surface area contributed by atoms with E-state index in [0.29, 0.717) is 63.3 Å². The fourth-order valence-electron chi connectivity index (χ4n) is 4.59. The van der Waals surface area contributed by atoms with Crippen molar-refractivity contribution in [3.05, 3.63) is 82.1 Å². The molecule has 9 nitrogen and oxygen atoms in total. The molecule has 0 aliphatic carbocycles. The number of amides is 2. The van der Waals surface area contributed by atoms with E-state index in [4.69, 9.17) is 20.8 Å². The molecule has 0 N–H and O–H groups in total. The lowest BCUT2D eigenvalue weighted by molar-refractivity contribution is -0.114. The number of rotatable bonds is 6. The Morgan fingerprint density at radius 3 is 2.60 bits per heavy atom. The maximum atomic E-state index is 13.3. The normalized spacial score (nSPS) is 16.9. The van der Waals surface area contributed by atoms with Gasteiger partial charge in [-0.15, -0.1) is 0 Å². The van der Waals surface area contributed by atoms with Crippen LogP contribution in [0.5, 0.6) is 0 Å². The molecule has 0 atom stereocenters. The molecule has 0 saturated carbocycles.